The molecule has 0 aromatic rings. The van der Waals surface area contributed by atoms with Crippen molar-refractivity contribution in [3.63, 3.8) is 0 Å². The molecule has 1 nitrogen and oxygen atoms in total. The maximum Gasteiger partial charge on any atom is 0.0126 e. The predicted octanol–water partition coefficient (Wildman–Crippen LogP) is 4.86. The summed E-state index contributed by atoms with van der Waals surface area (Å²) in [6.45, 7) is 2.39. The third-order valence-electron chi connectivity index (χ3n) is 8.02. The van der Waals surface area contributed by atoms with Crippen LogP contribution in [0.3, 0.4) is 0 Å². The molecule has 0 saturated heterocycles. The van der Waals surface area contributed by atoms with E-state index >= 15 is 0 Å². The van der Waals surface area contributed by atoms with E-state index in [1.807, 2.05) is 0 Å². The Morgan fingerprint density at radius 2 is 1.43 bits per heavy atom. The summed E-state index contributed by atoms with van der Waals surface area (Å²) < 4.78 is 0. The van der Waals surface area contributed by atoms with Crippen molar-refractivity contribution in [2.24, 2.45) is 41.4 Å². The van der Waals surface area contributed by atoms with Gasteiger partial charge in [0.05, 0.1) is 0 Å². The Balaban J connectivity index is 1.46. The van der Waals surface area contributed by atoms with Crippen LogP contribution in [0.2, 0.25) is 0 Å². The van der Waals surface area contributed by atoms with Gasteiger partial charge in [-0.15, -0.1) is 0 Å². The van der Waals surface area contributed by atoms with Crippen molar-refractivity contribution in [1.82, 2.24) is 5.32 Å². The van der Waals surface area contributed by atoms with Gasteiger partial charge in [0, 0.05) is 6.04 Å². The summed E-state index contributed by atoms with van der Waals surface area (Å²) in [5.41, 5.74) is 0. The van der Waals surface area contributed by atoms with Crippen LogP contribution in [0.4, 0.5) is 0 Å². The van der Waals surface area contributed by atoms with E-state index in [-0.39, 0.29) is 0 Å². The molecule has 0 aromatic heterocycles. The van der Waals surface area contributed by atoms with E-state index in [4.69, 9.17) is 0 Å². The molecule has 5 aliphatic rings. The average Bonchev–Trinajstić information content (AvgIpc) is 2.50. The number of rotatable bonds is 4. The largest absolute Gasteiger partial charge is 0.316 e. The fourth-order valence-electron chi connectivity index (χ4n) is 7.25. The zero-order valence-corrected chi connectivity index (χ0v) is 14.2. The van der Waals surface area contributed by atoms with Crippen LogP contribution in [-0.2, 0) is 0 Å². The molecule has 0 radical (unpaired) electrons. The molecule has 1 unspecified atom stereocenters. The van der Waals surface area contributed by atoms with Gasteiger partial charge in [-0.05, 0) is 93.4 Å². The minimum atomic E-state index is 0.845. The monoisotopic (exact) mass is 289 g/mol. The van der Waals surface area contributed by atoms with E-state index in [0.717, 1.165) is 47.5 Å². The molecule has 1 atom stereocenters. The van der Waals surface area contributed by atoms with Crippen LogP contribution in [0.15, 0.2) is 0 Å². The smallest absolute Gasteiger partial charge is 0.0126 e. The van der Waals surface area contributed by atoms with Crippen molar-refractivity contribution in [2.45, 2.75) is 77.2 Å². The van der Waals surface area contributed by atoms with Gasteiger partial charge in [0.25, 0.3) is 0 Å². The molecule has 0 aromatic carbocycles. The lowest BCUT2D eigenvalue weighted by molar-refractivity contribution is -0.0628. The molecule has 21 heavy (non-hydrogen) atoms. The van der Waals surface area contributed by atoms with E-state index in [1.54, 1.807) is 32.1 Å². The minimum Gasteiger partial charge on any atom is -0.316 e. The molecule has 5 rings (SSSR count). The van der Waals surface area contributed by atoms with Gasteiger partial charge in [0.1, 0.15) is 0 Å². The molecule has 5 fully saturated rings. The molecular weight excluding hydrogens is 254 g/mol. The summed E-state index contributed by atoms with van der Waals surface area (Å²) in [6, 6.07) is 0.845. The maximum atomic E-state index is 3.83. The Morgan fingerprint density at radius 3 is 1.90 bits per heavy atom. The fraction of sp³-hybridized carbons (Fsp3) is 1.00. The fourth-order valence-corrected chi connectivity index (χ4v) is 7.25. The molecule has 0 amide bonds. The van der Waals surface area contributed by atoms with Crippen molar-refractivity contribution >= 4 is 0 Å². The lowest BCUT2D eigenvalue weighted by Crippen LogP contribution is -2.55. The summed E-state index contributed by atoms with van der Waals surface area (Å²) in [5.74, 6) is 7.47. The first kappa shape index (κ1) is 14.5. The Morgan fingerprint density at radius 1 is 0.857 bits per heavy atom. The van der Waals surface area contributed by atoms with E-state index in [2.05, 4.69) is 19.3 Å². The predicted molar refractivity (Wildman–Crippen MR) is 89.1 cm³/mol. The van der Waals surface area contributed by atoms with Gasteiger partial charge < -0.3 is 5.32 Å². The van der Waals surface area contributed by atoms with Gasteiger partial charge in [0.15, 0.2) is 0 Å². The Kier molecular flexibility index (Phi) is 4.07. The molecule has 0 spiro atoms. The molecule has 0 aliphatic heterocycles. The van der Waals surface area contributed by atoms with Crippen LogP contribution in [0, 0.1) is 41.4 Å². The standard InChI is InChI=1S/C20H35N/c1-3-13-4-6-16(7-5-13)20(21-2)19-17-9-14-8-15(11-17)12-18(19)10-14/h13-21H,3-12H2,1-2H3. The van der Waals surface area contributed by atoms with Gasteiger partial charge in [-0.3, -0.25) is 0 Å². The molecule has 1 heteroatoms. The quantitative estimate of drug-likeness (QED) is 0.779. The van der Waals surface area contributed by atoms with Crippen molar-refractivity contribution in [3.05, 3.63) is 0 Å². The summed E-state index contributed by atoms with van der Waals surface area (Å²) in [4.78, 5) is 0. The van der Waals surface area contributed by atoms with E-state index in [9.17, 15) is 0 Å². The second-order valence-electron chi connectivity index (χ2n) is 9.01. The number of hydrogen-bond acceptors (Lipinski definition) is 1. The van der Waals surface area contributed by atoms with Crippen LogP contribution in [-0.4, -0.2) is 13.1 Å². The maximum absolute atomic E-state index is 3.83. The van der Waals surface area contributed by atoms with Crippen LogP contribution in [0.5, 0.6) is 0 Å². The highest BCUT2D eigenvalue weighted by Gasteiger charge is 2.51. The molecule has 5 aliphatic carbocycles. The van der Waals surface area contributed by atoms with Gasteiger partial charge in [0.2, 0.25) is 0 Å². The number of nitrogens with one attached hydrogen (secondary N) is 1. The summed E-state index contributed by atoms with van der Waals surface area (Å²) in [7, 11) is 2.27. The summed E-state index contributed by atoms with van der Waals surface area (Å²) in [6.07, 6.45) is 15.4. The van der Waals surface area contributed by atoms with E-state index in [1.165, 1.54) is 32.1 Å². The second-order valence-corrected chi connectivity index (χ2v) is 9.01. The third-order valence-corrected chi connectivity index (χ3v) is 8.02. The van der Waals surface area contributed by atoms with E-state index < -0.39 is 0 Å². The van der Waals surface area contributed by atoms with Crippen molar-refractivity contribution in [1.29, 1.82) is 0 Å². The van der Waals surface area contributed by atoms with Crippen LogP contribution < -0.4 is 5.32 Å². The summed E-state index contributed by atoms with van der Waals surface area (Å²) in [5, 5.41) is 3.83. The zero-order valence-electron chi connectivity index (χ0n) is 14.2. The third kappa shape index (κ3) is 2.58. The molecular formula is C20H35N. The van der Waals surface area contributed by atoms with Crippen molar-refractivity contribution in [3.8, 4) is 0 Å². The first-order valence-electron chi connectivity index (χ1n) is 9.95. The SMILES string of the molecule is CCC1CCC(C(NC)C2C3CC4CC(C3)CC2C4)CC1. The highest BCUT2D eigenvalue weighted by atomic mass is 14.9. The van der Waals surface area contributed by atoms with Gasteiger partial charge in [-0.2, -0.15) is 0 Å². The van der Waals surface area contributed by atoms with Gasteiger partial charge >= 0.3 is 0 Å². The van der Waals surface area contributed by atoms with Crippen molar-refractivity contribution in [2.75, 3.05) is 7.05 Å². The molecule has 5 saturated carbocycles. The normalized spacial score (nSPS) is 50.3. The highest BCUT2D eigenvalue weighted by Crippen LogP contribution is 2.58. The first-order chi connectivity index (χ1) is 10.3. The minimum absolute atomic E-state index is 0.845. The van der Waals surface area contributed by atoms with Gasteiger partial charge in [-0.25, -0.2) is 0 Å². The van der Waals surface area contributed by atoms with Crippen LogP contribution >= 0.6 is 0 Å². The molecule has 1 N–H and O–H groups in total. The average molecular weight is 290 g/mol. The van der Waals surface area contributed by atoms with Crippen LogP contribution in [0.25, 0.3) is 0 Å². The van der Waals surface area contributed by atoms with E-state index in [0.29, 0.717) is 0 Å². The number of hydrogen-bond donors (Lipinski definition) is 1. The molecule has 120 valence electrons. The Bertz CT molecular complexity index is 327. The van der Waals surface area contributed by atoms with Crippen molar-refractivity contribution < 1.29 is 0 Å². The zero-order chi connectivity index (χ0) is 14.4. The highest BCUT2D eigenvalue weighted by molar-refractivity contribution is 5.03. The summed E-state index contributed by atoms with van der Waals surface area (Å²) >= 11 is 0. The van der Waals surface area contributed by atoms with Gasteiger partial charge in [-0.1, -0.05) is 26.2 Å². The molecule has 4 bridgehead atoms. The lowest BCUT2D eigenvalue weighted by atomic mass is 9.49. The Hall–Kier alpha value is -0.0400. The second kappa shape index (κ2) is 5.87. The molecule has 0 heterocycles. The lowest BCUT2D eigenvalue weighted by Gasteiger charge is -2.57. The van der Waals surface area contributed by atoms with Crippen LogP contribution in [0.1, 0.15) is 71.1 Å². The first-order valence-corrected chi connectivity index (χ1v) is 9.95. The topological polar surface area (TPSA) is 12.0 Å². The Labute approximate surface area is 131 Å².